The third-order valence-corrected chi connectivity index (χ3v) is 3.80. The van der Waals surface area contributed by atoms with Gasteiger partial charge in [0, 0.05) is 11.8 Å². The highest BCUT2D eigenvalue weighted by molar-refractivity contribution is 6.69. The van der Waals surface area contributed by atoms with Gasteiger partial charge in [0.05, 0.1) is 12.6 Å². The number of benzene rings is 1. The molecule has 4 heteroatoms. The van der Waals surface area contributed by atoms with Crippen molar-refractivity contribution in [2.75, 3.05) is 6.61 Å². The lowest BCUT2D eigenvalue weighted by Gasteiger charge is -2.23. The molecule has 0 bridgehead atoms. The Morgan fingerprint density at radius 3 is 2.42 bits per heavy atom. The lowest BCUT2D eigenvalue weighted by atomic mass is 10.1. The Morgan fingerprint density at radius 1 is 1.26 bits per heavy atom. The Kier molecular flexibility index (Phi) is 5.88. The monoisotopic (exact) mass is 281 g/mol. The quantitative estimate of drug-likeness (QED) is 0.568. The van der Waals surface area contributed by atoms with Crippen LogP contribution in [0.25, 0.3) is 0 Å². The molecule has 1 aromatic carbocycles. The summed E-state index contributed by atoms with van der Waals surface area (Å²) in [5.41, 5.74) is 0.529. The van der Waals surface area contributed by atoms with Crippen LogP contribution in [0.15, 0.2) is 29.3 Å². The van der Waals surface area contributed by atoms with E-state index in [9.17, 15) is 4.39 Å². The largest absolute Gasteiger partial charge is 0.415 e. The van der Waals surface area contributed by atoms with Crippen molar-refractivity contribution in [1.82, 2.24) is 0 Å². The first-order chi connectivity index (χ1) is 8.79. The summed E-state index contributed by atoms with van der Waals surface area (Å²) in [6.07, 6.45) is 1.62. The topological polar surface area (TPSA) is 21.6 Å². The van der Waals surface area contributed by atoms with Crippen molar-refractivity contribution in [3.63, 3.8) is 0 Å². The Bertz CT molecular complexity index is 426. The molecule has 0 spiro atoms. The van der Waals surface area contributed by atoms with E-state index in [-0.39, 0.29) is 11.9 Å². The number of halogens is 1. The van der Waals surface area contributed by atoms with Crippen LogP contribution in [0.5, 0.6) is 0 Å². The summed E-state index contributed by atoms with van der Waals surface area (Å²) < 4.78 is 19.4. The number of hydrogen-bond acceptors (Lipinski definition) is 2. The highest BCUT2D eigenvalue weighted by Gasteiger charge is 2.19. The summed E-state index contributed by atoms with van der Waals surface area (Å²) >= 11 is 0. The van der Waals surface area contributed by atoms with E-state index in [0.717, 1.165) is 0 Å². The predicted molar refractivity (Wildman–Crippen MR) is 81.9 cm³/mol. The van der Waals surface area contributed by atoms with Gasteiger partial charge in [0.2, 0.25) is 0 Å². The SMILES string of the molecule is CC(C)[C@@H](CO[Si](C)(C)C)/N=C/c1ccccc1F. The van der Waals surface area contributed by atoms with E-state index in [4.69, 9.17) is 4.43 Å². The first-order valence-electron chi connectivity index (χ1n) is 6.71. The van der Waals surface area contributed by atoms with Gasteiger partial charge in [-0.2, -0.15) is 0 Å². The average molecular weight is 281 g/mol. The second-order valence-electron chi connectivity index (χ2n) is 6.03. The van der Waals surface area contributed by atoms with Crippen LogP contribution < -0.4 is 0 Å². The minimum atomic E-state index is -1.53. The molecular formula is C15H24FNOSi. The molecule has 1 aromatic rings. The van der Waals surface area contributed by atoms with E-state index < -0.39 is 8.32 Å². The van der Waals surface area contributed by atoms with E-state index in [0.29, 0.717) is 18.1 Å². The molecule has 0 aromatic heterocycles. The fourth-order valence-electron chi connectivity index (χ4n) is 1.50. The molecule has 0 saturated heterocycles. The Hall–Kier alpha value is -1.00. The fourth-order valence-corrected chi connectivity index (χ4v) is 2.17. The van der Waals surface area contributed by atoms with Gasteiger partial charge in [0.25, 0.3) is 0 Å². The van der Waals surface area contributed by atoms with Gasteiger partial charge in [-0.05, 0) is 31.6 Å². The van der Waals surface area contributed by atoms with Crippen LogP contribution in [-0.2, 0) is 4.43 Å². The minimum absolute atomic E-state index is 0.0753. The van der Waals surface area contributed by atoms with Crippen molar-refractivity contribution < 1.29 is 8.82 Å². The molecule has 0 aliphatic carbocycles. The molecule has 0 fully saturated rings. The molecule has 0 heterocycles. The highest BCUT2D eigenvalue weighted by Crippen LogP contribution is 2.12. The maximum atomic E-state index is 13.5. The Labute approximate surface area is 116 Å². The first-order valence-corrected chi connectivity index (χ1v) is 10.1. The van der Waals surface area contributed by atoms with E-state index in [2.05, 4.69) is 38.5 Å². The van der Waals surface area contributed by atoms with Crippen LogP contribution in [0.4, 0.5) is 4.39 Å². The minimum Gasteiger partial charge on any atom is -0.415 e. The Morgan fingerprint density at radius 2 is 1.89 bits per heavy atom. The summed E-state index contributed by atoms with van der Waals surface area (Å²) in [6.45, 7) is 11.3. The fraction of sp³-hybridized carbons (Fsp3) is 0.533. The zero-order chi connectivity index (χ0) is 14.5. The normalized spacial score (nSPS) is 14.3. The summed E-state index contributed by atoms with van der Waals surface area (Å²) in [6, 6.07) is 6.75. The molecule has 106 valence electrons. The van der Waals surface area contributed by atoms with Crippen LogP contribution in [-0.4, -0.2) is 27.2 Å². The van der Waals surface area contributed by atoms with E-state index in [1.165, 1.54) is 6.07 Å². The van der Waals surface area contributed by atoms with Crippen molar-refractivity contribution in [2.24, 2.45) is 10.9 Å². The van der Waals surface area contributed by atoms with Gasteiger partial charge < -0.3 is 4.43 Å². The van der Waals surface area contributed by atoms with Gasteiger partial charge in [0.1, 0.15) is 5.82 Å². The van der Waals surface area contributed by atoms with Crippen LogP contribution in [0.1, 0.15) is 19.4 Å². The molecular weight excluding hydrogens is 257 g/mol. The van der Waals surface area contributed by atoms with Crippen molar-refractivity contribution in [2.45, 2.75) is 39.5 Å². The summed E-state index contributed by atoms with van der Waals surface area (Å²) in [4.78, 5) is 4.49. The van der Waals surface area contributed by atoms with Gasteiger partial charge in [-0.1, -0.05) is 32.0 Å². The Balaban J connectivity index is 2.71. The number of rotatable bonds is 6. The molecule has 0 aliphatic rings. The third kappa shape index (κ3) is 6.12. The molecule has 0 radical (unpaired) electrons. The van der Waals surface area contributed by atoms with Gasteiger partial charge in [-0.25, -0.2) is 4.39 Å². The van der Waals surface area contributed by atoms with Crippen molar-refractivity contribution in [1.29, 1.82) is 0 Å². The van der Waals surface area contributed by atoms with Crippen LogP contribution in [0.3, 0.4) is 0 Å². The third-order valence-electron chi connectivity index (χ3n) is 2.77. The molecule has 0 aliphatic heterocycles. The second-order valence-corrected chi connectivity index (χ2v) is 10.5. The van der Waals surface area contributed by atoms with Crippen LogP contribution in [0, 0.1) is 11.7 Å². The maximum Gasteiger partial charge on any atom is 0.183 e. The van der Waals surface area contributed by atoms with Crippen LogP contribution >= 0.6 is 0 Å². The van der Waals surface area contributed by atoms with Gasteiger partial charge in [0.15, 0.2) is 8.32 Å². The smallest absolute Gasteiger partial charge is 0.183 e. The molecule has 0 unspecified atom stereocenters. The van der Waals surface area contributed by atoms with Gasteiger partial charge in [-0.3, -0.25) is 4.99 Å². The zero-order valence-corrected chi connectivity index (χ0v) is 13.5. The lowest BCUT2D eigenvalue weighted by molar-refractivity contribution is 0.255. The van der Waals surface area contributed by atoms with E-state index in [1.54, 1.807) is 18.3 Å². The van der Waals surface area contributed by atoms with E-state index in [1.807, 2.05) is 6.07 Å². The number of hydrogen-bond donors (Lipinski definition) is 0. The van der Waals surface area contributed by atoms with Gasteiger partial charge >= 0.3 is 0 Å². The molecule has 19 heavy (non-hydrogen) atoms. The van der Waals surface area contributed by atoms with Gasteiger partial charge in [-0.15, -0.1) is 0 Å². The molecule has 0 amide bonds. The zero-order valence-electron chi connectivity index (χ0n) is 12.5. The summed E-state index contributed by atoms with van der Waals surface area (Å²) in [5, 5.41) is 0. The standard InChI is InChI=1S/C15H24FNOSi/c1-12(2)15(11-18-19(3,4)5)17-10-13-8-6-7-9-14(13)16/h6-10,12,15H,11H2,1-5H3/b17-10+/t15-/m1/s1. The number of nitrogens with zero attached hydrogens (tertiary/aromatic N) is 1. The van der Waals surface area contributed by atoms with Crippen molar-refractivity contribution in [3.05, 3.63) is 35.6 Å². The molecule has 1 rings (SSSR count). The van der Waals surface area contributed by atoms with Crippen molar-refractivity contribution >= 4 is 14.5 Å². The van der Waals surface area contributed by atoms with Crippen molar-refractivity contribution in [3.8, 4) is 0 Å². The second kappa shape index (κ2) is 6.96. The van der Waals surface area contributed by atoms with E-state index >= 15 is 0 Å². The molecule has 1 atom stereocenters. The maximum absolute atomic E-state index is 13.5. The first kappa shape index (κ1) is 16.1. The van der Waals surface area contributed by atoms with Crippen LogP contribution in [0.2, 0.25) is 19.6 Å². The molecule has 0 saturated carbocycles. The average Bonchev–Trinajstić information content (AvgIpc) is 2.29. The molecule has 2 nitrogen and oxygen atoms in total. The number of aliphatic imine (C=N–C) groups is 1. The summed E-state index contributed by atoms with van der Waals surface area (Å²) in [5.74, 6) is 0.138. The highest BCUT2D eigenvalue weighted by atomic mass is 28.4. The predicted octanol–water partition coefficient (Wildman–Crippen LogP) is 4.12. The molecule has 0 N–H and O–H groups in total. The summed E-state index contributed by atoms with van der Waals surface area (Å²) in [7, 11) is -1.53. The lowest BCUT2D eigenvalue weighted by Crippen LogP contribution is -2.31.